The van der Waals surface area contributed by atoms with Crippen LogP contribution in [0.15, 0.2) is 48.4 Å². The minimum absolute atomic E-state index is 0.107. The van der Waals surface area contributed by atoms with Crippen molar-refractivity contribution in [1.29, 1.82) is 0 Å². The second-order valence-corrected chi connectivity index (χ2v) is 8.62. The number of Topliss-reactive ketones (excluding diaryl/α,β-unsaturated/α-hetero) is 1. The fraction of sp³-hybridized carbons (Fsp3) is 0.320. The number of carbonyl (C=O) groups excluding carboxylic acids is 2. The van der Waals surface area contributed by atoms with Crippen LogP contribution in [0.1, 0.15) is 31.4 Å². The van der Waals surface area contributed by atoms with Gasteiger partial charge in [-0.2, -0.15) is 13.2 Å². The van der Waals surface area contributed by atoms with Gasteiger partial charge >= 0.3 is 12.2 Å². The second-order valence-electron chi connectivity index (χ2n) is 8.62. The van der Waals surface area contributed by atoms with Crippen molar-refractivity contribution in [3.63, 3.8) is 0 Å². The van der Waals surface area contributed by atoms with E-state index >= 15 is 0 Å². The summed E-state index contributed by atoms with van der Waals surface area (Å²) in [5.74, 6) is -1.42. The molecule has 1 aliphatic heterocycles. The number of urea groups is 1. The number of carbonyl (C=O) groups is 2. The smallest absolute Gasteiger partial charge is 0.421 e. The molecule has 196 valence electrons. The van der Waals surface area contributed by atoms with Crippen LogP contribution in [0.3, 0.4) is 0 Å². The summed E-state index contributed by atoms with van der Waals surface area (Å²) in [5.41, 5.74) is -1.54. The van der Waals surface area contributed by atoms with E-state index in [4.69, 9.17) is 14.2 Å². The molecule has 1 aromatic heterocycles. The topological polar surface area (TPSA) is 98.8 Å². The number of rotatable bonds is 7. The van der Waals surface area contributed by atoms with E-state index < -0.39 is 35.1 Å². The number of amides is 2. The number of hydrogen-bond acceptors (Lipinski definition) is 6. The van der Waals surface area contributed by atoms with E-state index in [2.05, 4.69) is 15.6 Å². The van der Waals surface area contributed by atoms with Crippen LogP contribution in [0.5, 0.6) is 5.88 Å². The SMILES string of the molecule is CCOC1=CC(c2ccc(NC(=O)Nc3cnc(OC4(C)COC4)c(C(F)(F)F)c3)c(F)c2)=CCC1=O. The molecule has 2 amide bonds. The zero-order valence-corrected chi connectivity index (χ0v) is 19.9. The molecule has 2 N–H and O–H groups in total. The monoisotopic (exact) mass is 521 g/mol. The number of alkyl halides is 3. The summed E-state index contributed by atoms with van der Waals surface area (Å²) in [7, 11) is 0. The van der Waals surface area contributed by atoms with Crippen molar-refractivity contribution in [3.8, 4) is 5.88 Å². The number of nitrogens with one attached hydrogen (secondary N) is 2. The molecule has 4 rings (SSSR count). The van der Waals surface area contributed by atoms with E-state index in [0.717, 1.165) is 12.3 Å². The van der Waals surface area contributed by atoms with Gasteiger partial charge in [-0.05, 0) is 49.3 Å². The summed E-state index contributed by atoms with van der Waals surface area (Å²) in [6, 6.07) is 3.70. The predicted octanol–water partition coefficient (Wildman–Crippen LogP) is 5.33. The van der Waals surface area contributed by atoms with Crippen molar-refractivity contribution in [1.82, 2.24) is 4.98 Å². The lowest BCUT2D eigenvalue weighted by molar-refractivity contribution is -0.162. The first-order valence-corrected chi connectivity index (χ1v) is 11.3. The first-order valence-electron chi connectivity index (χ1n) is 11.3. The predicted molar refractivity (Wildman–Crippen MR) is 125 cm³/mol. The highest BCUT2D eigenvalue weighted by molar-refractivity contribution is 6.02. The zero-order chi connectivity index (χ0) is 26.8. The second kappa shape index (κ2) is 10.2. The summed E-state index contributed by atoms with van der Waals surface area (Å²) in [6.45, 7) is 3.89. The summed E-state index contributed by atoms with van der Waals surface area (Å²) in [6.07, 6.45) is -0.534. The van der Waals surface area contributed by atoms with Crippen LogP contribution in [-0.4, -0.2) is 42.2 Å². The Balaban J connectivity index is 1.46. The molecule has 12 heteroatoms. The fourth-order valence-corrected chi connectivity index (χ4v) is 3.63. The Morgan fingerprint density at radius 3 is 2.59 bits per heavy atom. The average Bonchev–Trinajstić information content (AvgIpc) is 2.81. The van der Waals surface area contributed by atoms with E-state index in [1.54, 1.807) is 19.9 Å². The molecular weight excluding hydrogens is 498 g/mol. The highest BCUT2D eigenvalue weighted by atomic mass is 19.4. The van der Waals surface area contributed by atoms with E-state index in [0.29, 0.717) is 23.8 Å². The Hall–Kier alpha value is -3.93. The minimum Gasteiger partial charge on any atom is -0.490 e. The molecule has 1 aromatic carbocycles. The molecule has 0 spiro atoms. The summed E-state index contributed by atoms with van der Waals surface area (Å²) in [4.78, 5) is 28.0. The van der Waals surface area contributed by atoms with E-state index in [1.807, 2.05) is 0 Å². The van der Waals surface area contributed by atoms with Crippen LogP contribution < -0.4 is 15.4 Å². The minimum atomic E-state index is -4.80. The Bertz CT molecular complexity index is 1290. The third kappa shape index (κ3) is 6.08. The summed E-state index contributed by atoms with van der Waals surface area (Å²) < 4.78 is 71.1. The maximum Gasteiger partial charge on any atom is 0.421 e. The van der Waals surface area contributed by atoms with Crippen LogP contribution in [0.2, 0.25) is 0 Å². The molecule has 0 bridgehead atoms. The van der Waals surface area contributed by atoms with Crippen LogP contribution in [0.25, 0.3) is 5.57 Å². The molecule has 2 heterocycles. The van der Waals surface area contributed by atoms with Crippen LogP contribution in [0.4, 0.5) is 33.7 Å². The average molecular weight is 521 g/mol. The van der Waals surface area contributed by atoms with E-state index in [1.165, 1.54) is 18.2 Å². The lowest BCUT2D eigenvalue weighted by atomic mass is 9.97. The van der Waals surface area contributed by atoms with E-state index in [9.17, 15) is 27.2 Å². The molecule has 0 saturated carbocycles. The van der Waals surface area contributed by atoms with Crippen molar-refractivity contribution in [2.45, 2.75) is 32.0 Å². The van der Waals surface area contributed by atoms with Gasteiger partial charge in [0.2, 0.25) is 11.7 Å². The lowest BCUT2D eigenvalue weighted by Crippen LogP contribution is -2.52. The van der Waals surface area contributed by atoms with Crippen molar-refractivity contribution in [2.24, 2.45) is 0 Å². The quantitative estimate of drug-likeness (QED) is 0.478. The third-order valence-corrected chi connectivity index (χ3v) is 5.49. The molecule has 1 fully saturated rings. The van der Waals surface area contributed by atoms with Gasteiger partial charge in [-0.3, -0.25) is 4.79 Å². The van der Waals surface area contributed by atoms with Crippen LogP contribution >= 0.6 is 0 Å². The zero-order valence-electron chi connectivity index (χ0n) is 19.9. The number of ketones is 1. The standard InChI is InChI=1S/C25H23F4N3O5/c1-3-36-21-9-15(5-7-20(21)33)14-4-6-19(18(26)8-14)32-23(34)31-16-10-17(25(27,28)29)22(30-11-16)37-24(2)12-35-13-24/h4-6,8-11H,3,7,12-13H2,1-2H3,(H2,31,32,34). The van der Waals surface area contributed by atoms with Gasteiger partial charge in [-0.1, -0.05) is 12.1 Å². The summed E-state index contributed by atoms with van der Waals surface area (Å²) in [5, 5.41) is 4.48. The highest BCUT2D eigenvalue weighted by Gasteiger charge is 2.41. The number of pyridine rings is 1. The molecule has 0 unspecified atom stereocenters. The van der Waals surface area contributed by atoms with Gasteiger partial charge in [0.15, 0.2) is 11.4 Å². The first-order chi connectivity index (χ1) is 17.5. The largest absolute Gasteiger partial charge is 0.490 e. The van der Waals surface area contributed by atoms with Crippen molar-refractivity contribution in [3.05, 3.63) is 65.3 Å². The Labute approximate surface area is 209 Å². The molecule has 2 aliphatic rings. The maximum absolute atomic E-state index is 14.7. The number of allylic oxidation sites excluding steroid dienone is 4. The number of hydrogen-bond donors (Lipinski definition) is 2. The van der Waals surface area contributed by atoms with Gasteiger partial charge in [0.05, 0.1) is 37.4 Å². The van der Waals surface area contributed by atoms with Gasteiger partial charge in [0.1, 0.15) is 11.4 Å². The van der Waals surface area contributed by atoms with E-state index in [-0.39, 0.29) is 42.6 Å². The number of aromatic nitrogens is 1. The van der Waals surface area contributed by atoms with Gasteiger partial charge in [0, 0.05) is 6.42 Å². The molecular formula is C25H23F4N3O5. The van der Waals surface area contributed by atoms with Crippen LogP contribution in [0, 0.1) is 5.82 Å². The number of halogens is 4. The summed E-state index contributed by atoms with van der Waals surface area (Å²) >= 11 is 0. The maximum atomic E-state index is 14.7. The lowest BCUT2D eigenvalue weighted by Gasteiger charge is -2.38. The molecule has 1 aliphatic carbocycles. The molecule has 2 aromatic rings. The molecule has 0 atom stereocenters. The van der Waals surface area contributed by atoms with Crippen LogP contribution in [-0.2, 0) is 20.4 Å². The number of benzene rings is 1. The molecule has 8 nitrogen and oxygen atoms in total. The molecule has 1 saturated heterocycles. The van der Waals surface area contributed by atoms with Crippen molar-refractivity contribution < 1.29 is 41.4 Å². The molecule has 0 radical (unpaired) electrons. The van der Waals surface area contributed by atoms with Crippen molar-refractivity contribution >= 4 is 28.8 Å². The Morgan fingerprint density at radius 1 is 1.22 bits per heavy atom. The van der Waals surface area contributed by atoms with Gasteiger partial charge in [-0.25, -0.2) is 14.2 Å². The molecule has 37 heavy (non-hydrogen) atoms. The normalized spacial score (nSPS) is 16.8. The fourth-order valence-electron chi connectivity index (χ4n) is 3.63. The number of anilines is 2. The third-order valence-electron chi connectivity index (χ3n) is 5.49. The van der Waals surface area contributed by atoms with Crippen molar-refractivity contribution in [2.75, 3.05) is 30.5 Å². The highest BCUT2D eigenvalue weighted by Crippen LogP contribution is 2.38. The number of nitrogens with zero attached hydrogens (tertiary/aromatic N) is 1. The first kappa shape index (κ1) is 26.1. The number of ether oxygens (including phenoxy) is 3. The van der Waals surface area contributed by atoms with Gasteiger partial charge in [-0.15, -0.1) is 0 Å². The Kier molecular flexibility index (Phi) is 7.21. The van der Waals surface area contributed by atoms with Gasteiger partial charge in [0.25, 0.3) is 0 Å². The Morgan fingerprint density at radius 2 is 1.97 bits per heavy atom. The van der Waals surface area contributed by atoms with Gasteiger partial charge < -0.3 is 24.8 Å².